The van der Waals surface area contributed by atoms with Gasteiger partial charge in [0.1, 0.15) is 0 Å². The fraction of sp³-hybridized carbons (Fsp3) is 0.294. The lowest BCUT2D eigenvalue weighted by Crippen LogP contribution is -2.24. The molecule has 0 saturated carbocycles. The number of rotatable bonds is 6. The third-order valence-corrected chi connectivity index (χ3v) is 3.32. The lowest BCUT2D eigenvalue weighted by Gasteiger charge is -2.12. The van der Waals surface area contributed by atoms with Crippen LogP contribution in [0.1, 0.15) is 34.8 Å². The number of aromatic nitrogens is 1. The van der Waals surface area contributed by atoms with Gasteiger partial charge in [-0.2, -0.15) is 0 Å². The van der Waals surface area contributed by atoms with Gasteiger partial charge >= 0.3 is 0 Å². The van der Waals surface area contributed by atoms with Gasteiger partial charge in [-0.25, -0.2) is 0 Å². The molecule has 0 atom stereocenters. The first-order valence-corrected chi connectivity index (χ1v) is 7.23. The van der Waals surface area contributed by atoms with Gasteiger partial charge in [0, 0.05) is 31.2 Å². The van der Waals surface area contributed by atoms with E-state index in [2.05, 4.69) is 22.5 Å². The number of amides is 1. The SMILES string of the molecule is CCCNc1ccccc1C(=O)NCc1cnccc1C. The van der Waals surface area contributed by atoms with Crippen LogP contribution >= 0.6 is 0 Å². The van der Waals surface area contributed by atoms with Crippen LogP contribution in [-0.4, -0.2) is 17.4 Å². The van der Waals surface area contributed by atoms with Crippen molar-refractivity contribution >= 4 is 11.6 Å². The number of pyridine rings is 1. The predicted octanol–water partition coefficient (Wildman–Crippen LogP) is 3.14. The molecule has 0 aliphatic rings. The molecule has 2 aromatic rings. The third kappa shape index (κ3) is 4.05. The summed E-state index contributed by atoms with van der Waals surface area (Å²) in [5, 5.41) is 6.23. The van der Waals surface area contributed by atoms with Crippen molar-refractivity contribution in [1.82, 2.24) is 10.3 Å². The number of nitrogens with zero attached hydrogens (tertiary/aromatic N) is 1. The summed E-state index contributed by atoms with van der Waals surface area (Å²) >= 11 is 0. The summed E-state index contributed by atoms with van der Waals surface area (Å²) in [6.07, 6.45) is 4.56. The van der Waals surface area contributed by atoms with Gasteiger partial charge in [-0.05, 0) is 42.7 Å². The maximum absolute atomic E-state index is 12.3. The van der Waals surface area contributed by atoms with E-state index in [0.29, 0.717) is 12.1 Å². The van der Waals surface area contributed by atoms with Gasteiger partial charge in [-0.3, -0.25) is 9.78 Å². The van der Waals surface area contributed by atoms with E-state index in [4.69, 9.17) is 0 Å². The molecule has 0 aliphatic carbocycles. The molecule has 4 nitrogen and oxygen atoms in total. The molecule has 1 amide bonds. The summed E-state index contributed by atoms with van der Waals surface area (Å²) in [4.78, 5) is 16.4. The number of hydrogen-bond donors (Lipinski definition) is 2. The van der Waals surface area contributed by atoms with Crippen molar-refractivity contribution in [2.24, 2.45) is 0 Å². The van der Waals surface area contributed by atoms with Crippen molar-refractivity contribution in [1.29, 1.82) is 0 Å². The van der Waals surface area contributed by atoms with Crippen LogP contribution in [0.2, 0.25) is 0 Å². The van der Waals surface area contributed by atoms with Gasteiger partial charge in [-0.1, -0.05) is 19.1 Å². The Morgan fingerprint density at radius 2 is 2.05 bits per heavy atom. The minimum Gasteiger partial charge on any atom is -0.384 e. The molecule has 0 bridgehead atoms. The number of anilines is 1. The van der Waals surface area contributed by atoms with E-state index in [-0.39, 0.29) is 5.91 Å². The van der Waals surface area contributed by atoms with Gasteiger partial charge < -0.3 is 10.6 Å². The van der Waals surface area contributed by atoms with Crippen molar-refractivity contribution in [3.05, 3.63) is 59.4 Å². The van der Waals surface area contributed by atoms with Gasteiger partial charge in [-0.15, -0.1) is 0 Å². The van der Waals surface area contributed by atoms with Crippen LogP contribution < -0.4 is 10.6 Å². The van der Waals surface area contributed by atoms with E-state index in [1.807, 2.05) is 37.3 Å². The summed E-state index contributed by atoms with van der Waals surface area (Å²) in [5.74, 6) is -0.0718. The van der Waals surface area contributed by atoms with Gasteiger partial charge in [0.2, 0.25) is 0 Å². The molecule has 21 heavy (non-hydrogen) atoms. The van der Waals surface area contributed by atoms with Crippen LogP contribution in [0.4, 0.5) is 5.69 Å². The average molecular weight is 283 g/mol. The minimum atomic E-state index is -0.0718. The average Bonchev–Trinajstić information content (AvgIpc) is 2.52. The lowest BCUT2D eigenvalue weighted by atomic mass is 10.1. The largest absolute Gasteiger partial charge is 0.384 e. The van der Waals surface area contributed by atoms with Crippen molar-refractivity contribution in [2.45, 2.75) is 26.8 Å². The Labute approximate surface area is 125 Å². The zero-order chi connectivity index (χ0) is 15.1. The summed E-state index contributed by atoms with van der Waals surface area (Å²) < 4.78 is 0. The molecular weight excluding hydrogens is 262 g/mol. The van der Waals surface area contributed by atoms with E-state index in [1.165, 1.54) is 0 Å². The predicted molar refractivity (Wildman–Crippen MR) is 85.4 cm³/mol. The monoisotopic (exact) mass is 283 g/mol. The van der Waals surface area contributed by atoms with E-state index < -0.39 is 0 Å². The van der Waals surface area contributed by atoms with Gasteiger partial charge in [0.15, 0.2) is 0 Å². The highest BCUT2D eigenvalue weighted by Gasteiger charge is 2.10. The molecule has 0 spiro atoms. The van der Waals surface area contributed by atoms with Crippen LogP contribution in [0.15, 0.2) is 42.7 Å². The minimum absolute atomic E-state index is 0.0718. The van der Waals surface area contributed by atoms with Crippen molar-refractivity contribution in [3.63, 3.8) is 0 Å². The van der Waals surface area contributed by atoms with Crippen molar-refractivity contribution in [2.75, 3.05) is 11.9 Å². The van der Waals surface area contributed by atoms with Gasteiger partial charge in [0.05, 0.1) is 5.56 Å². The highest BCUT2D eigenvalue weighted by Crippen LogP contribution is 2.15. The summed E-state index contributed by atoms with van der Waals surface area (Å²) in [6, 6.07) is 9.52. The Morgan fingerprint density at radius 3 is 2.81 bits per heavy atom. The molecule has 0 fully saturated rings. The number of carbonyl (C=O) groups is 1. The molecule has 1 heterocycles. The molecule has 2 N–H and O–H groups in total. The maximum Gasteiger partial charge on any atom is 0.253 e. The van der Waals surface area contributed by atoms with Crippen molar-refractivity contribution in [3.8, 4) is 0 Å². The molecule has 110 valence electrons. The standard InChI is InChI=1S/C17H21N3O/c1-3-9-19-16-7-5-4-6-15(16)17(21)20-12-14-11-18-10-8-13(14)2/h4-8,10-11,19H,3,9,12H2,1-2H3,(H,20,21). The van der Waals surface area contributed by atoms with Gasteiger partial charge in [0.25, 0.3) is 5.91 Å². The topological polar surface area (TPSA) is 54.0 Å². The second-order valence-corrected chi connectivity index (χ2v) is 4.96. The zero-order valence-electron chi connectivity index (χ0n) is 12.5. The molecular formula is C17H21N3O. The number of benzene rings is 1. The molecule has 1 aromatic carbocycles. The maximum atomic E-state index is 12.3. The Kier molecular flexibility index (Phi) is 5.32. The van der Waals surface area contributed by atoms with E-state index in [0.717, 1.165) is 29.8 Å². The second kappa shape index (κ2) is 7.43. The van der Waals surface area contributed by atoms with Crippen LogP contribution in [0.25, 0.3) is 0 Å². The highest BCUT2D eigenvalue weighted by atomic mass is 16.1. The lowest BCUT2D eigenvalue weighted by molar-refractivity contribution is 0.0951. The highest BCUT2D eigenvalue weighted by molar-refractivity contribution is 5.99. The number of hydrogen-bond acceptors (Lipinski definition) is 3. The van der Waals surface area contributed by atoms with E-state index in [9.17, 15) is 4.79 Å². The number of para-hydroxylation sites is 1. The van der Waals surface area contributed by atoms with Crippen LogP contribution in [-0.2, 0) is 6.54 Å². The Balaban J connectivity index is 2.05. The molecule has 1 aromatic heterocycles. The molecule has 0 unspecified atom stereocenters. The number of carbonyl (C=O) groups excluding carboxylic acids is 1. The fourth-order valence-corrected chi connectivity index (χ4v) is 2.05. The first kappa shape index (κ1) is 15.0. The van der Waals surface area contributed by atoms with Crippen LogP contribution in [0.3, 0.4) is 0 Å². The summed E-state index contributed by atoms with van der Waals surface area (Å²) in [7, 11) is 0. The summed E-state index contributed by atoms with van der Waals surface area (Å²) in [5.41, 5.74) is 3.71. The van der Waals surface area contributed by atoms with E-state index >= 15 is 0 Å². The van der Waals surface area contributed by atoms with Crippen molar-refractivity contribution < 1.29 is 4.79 Å². The molecule has 0 radical (unpaired) electrons. The first-order chi connectivity index (χ1) is 10.2. The Bertz CT molecular complexity index is 610. The van der Waals surface area contributed by atoms with Crippen LogP contribution in [0, 0.1) is 6.92 Å². The first-order valence-electron chi connectivity index (χ1n) is 7.23. The molecule has 0 saturated heterocycles. The molecule has 4 heteroatoms. The molecule has 2 rings (SSSR count). The zero-order valence-corrected chi connectivity index (χ0v) is 12.5. The summed E-state index contributed by atoms with van der Waals surface area (Å²) in [6.45, 7) is 5.45. The third-order valence-electron chi connectivity index (χ3n) is 3.32. The smallest absolute Gasteiger partial charge is 0.253 e. The Hall–Kier alpha value is -2.36. The van der Waals surface area contributed by atoms with Crippen LogP contribution in [0.5, 0.6) is 0 Å². The normalized spacial score (nSPS) is 10.2. The quantitative estimate of drug-likeness (QED) is 0.856. The fourth-order valence-electron chi connectivity index (χ4n) is 2.05. The number of nitrogens with one attached hydrogen (secondary N) is 2. The van der Waals surface area contributed by atoms with E-state index in [1.54, 1.807) is 12.4 Å². The number of aryl methyl sites for hydroxylation is 1. The second-order valence-electron chi connectivity index (χ2n) is 4.96. The molecule has 0 aliphatic heterocycles. The Morgan fingerprint density at radius 1 is 1.24 bits per heavy atom.